The molecule has 2 rings (SSSR count). The molecule has 0 spiro atoms. The van der Waals surface area contributed by atoms with Gasteiger partial charge in [0.2, 0.25) is 0 Å². The van der Waals surface area contributed by atoms with Crippen LogP contribution in [0.4, 0.5) is 5.69 Å². The zero-order valence-electron chi connectivity index (χ0n) is 13.6. The molecule has 6 heteroatoms. The first-order valence-corrected chi connectivity index (χ1v) is 9.74. The predicted octanol–water partition coefficient (Wildman–Crippen LogP) is 4.62. The molecule has 0 aliphatic carbocycles. The van der Waals surface area contributed by atoms with Crippen LogP contribution in [0.25, 0.3) is 0 Å². The van der Waals surface area contributed by atoms with Gasteiger partial charge in [-0.2, -0.15) is 0 Å². The van der Waals surface area contributed by atoms with E-state index in [1.165, 1.54) is 4.31 Å². The quantitative estimate of drug-likeness (QED) is 0.626. The fourth-order valence-electron chi connectivity index (χ4n) is 2.16. The molecule has 0 bridgehead atoms. The van der Waals surface area contributed by atoms with Crippen LogP contribution >= 0.6 is 15.9 Å². The molecule has 0 aromatic heterocycles. The molecule has 0 atom stereocenters. The van der Waals surface area contributed by atoms with Crippen LogP contribution in [0.5, 0.6) is 5.75 Å². The zero-order valence-corrected chi connectivity index (χ0v) is 16.0. The van der Waals surface area contributed by atoms with Crippen molar-refractivity contribution in [3.05, 3.63) is 65.7 Å². The summed E-state index contributed by atoms with van der Waals surface area (Å²) in [6.07, 6.45) is 1.63. The van der Waals surface area contributed by atoms with Crippen LogP contribution < -0.4 is 9.04 Å². The lowest BCUT2D eigenvalue weighted by Gasteiger charge is -2.23. The van der Waals surface area contributed by atoms with E-state index < -0.39 is 10.0 Å². The lowest BCUT2D eigenvalue weighted by Crippen LogP contribution is -2.31. The van der Waals surface area contributed by atoms with Gasteiger partial charge in [0.25, 0.3) is 10.0 Å². The number of ether oxygens (including phenoxy) is 1. The summed E-state index contributed by atoms with van der Waals surface area (Å²) in [4.78, 5) is 0.232. The topological polar surface area (TPSA) is 46.6 Å². The maximum absolute atomic E-state index is 12.9. The first kappa shape index (κ1) is 18.5. The molecule has 4 nitrogen and oxygen atoms in total. The van der Waals surface area contributed by atoms with Crippen LogP contribution in [0.15, 0.2) is 70.6 Å². The lowest BCUT2D eigenvalue weighted by molar-refractivity contribution is 0.242. The third-order valence-corrected chi connectivity index (χ3v) is 5.53. The summed E-state index contributed by atoms with van der Waals surface area (Å²) in [5.41, 5.74) is 0.564. The molecule has 0 saturated carbocycles. The minimum atomic E-state index is -3.67. The van der Waals surface area contributed by atoms with Gasteiger partial charge in [-0.25, -0.2) is 8.42 Å². The number of nitrogens with zero attached hydrogens (tertiary/aromatic N) is 1. The smallest absolute Gasteiger partial charge is 0.264 e. The summed E-state index contributed by atoms with van der Waals surface area (Å²) in [5.74, 6) is 0.702. The normalized spacial score (nSPS) is 11.3. The first-order valence-electron chi connectivity index (χ1n) is 7.50. The molecule has 0 unspecified atom stereocenters. The van der Waals surface area contributed by atoms with Crippen LogP contribution in [-0.4, -0.2) is 21.1 Å². The van der Waals surface area contributed by atoms with Gasteiger partial charge >= 0.3 is 0 Å². The Morgan fingerprint density at radius 1 is 1.12 bits per heavy atom. The molecule has 0 saturated heterocycles. The molecule has 24 heavy (non-hydrogen) atoms. The minimum Gasteiger partial charge on any atom is -0.491 e. The molecule has 128 valence electrons. The van der Waals surface area contributed by atoms with E-state index in [0.717, 1.165) is 4.47 Å². The van der Waals surface area contributed by atoms with Crippen molar-refractivity contribution in [2.24, 2.45) is 0 Å². The molecule has 0 aliphatic rings. The summed E-state index contributed by atoms with van der Waals surface area (Å²) in [6.45, 7) is 7.73. The van der Waals surface area contributed by atoms with Crippen LogP contribution in [0, 0.1) is 0 Å². The summed E-state index contributed by atoms with van der Waals surface area (Å²) >= 11 is 3.31. The van der Waals surface area contributed by atoms with Crippen LogP contribution in [0.1, 0.15) is 13.8 Å². The highest BCUT2D eigenvalue weighted by molar-refractivity contribution is 9.10. The number of anilines is 1. The van der Waals surface area contributed by atoms with Crippen LogP contribution in [0.3, 0.4) is 0 Å². The van der Waals surface area contributed by atoms with E-state index in [0.29, 0.717) is 11.4 Å². The number of hydrogen-bond acceptors (Lipinski definition) is 3. The Kier molecular flexibility index (Phi) is 6.07. The van der Waals surface area contributed by atoms with E-state index in [-0.39, 0.29) is 17.5 Å². The second kappa shape index (κ2) is 7.85. The Balaban J connectivity index is 2.37. The minimum absolute atomic E-state index is 0.0617. The van der Waals surface area contributed by atoms with Gasteiger partial charge in [-0.15, -0.1) is 6.58 Å². The van der Waals surface area contributed by atoms with Gasteiger partial charge in [0.05, 0.1) is 23.2 Å². The molecule has 0 amide bonds. The third kappa shape index (κ3) is 4.39. The summed E-state index contributed by atoms with van der Waals surface area (Å²) in [7, 11) is -3.67. The van der Waals surface area contributed by atoms with E-state index in [2.05, 4.69) is 22.5 Å². The molecule has 2 aromatic rings. The largest absolute Gasteiger partial charge is 0.491 e. The lowest BCUT2D eigenvalue weighted by atomic mass is 10.3. The third-order valence-electron chi connectivity index (χ3n) is 3.19. The van der Waals surface area contributed by atoms with E-state index in [9.17, 15) is 8.42 Å². The van der Waals surface area contributed by atoms with Crippen molar-refractivity contribution >= 4 is 31.6 Å². The first-order chi connectivity index (χ1) is 11.3. The summed E-state index contributed by atoms with van der Waals surface area (Å²) in [5, 5.41) is 0. The highest BCUT2D eigenvalue weighted by atomic mass is 79.9. The second-order valence-corrected chi connectivity index (χ2v) is 8.22. The maximum Gasteiger partial charge on any atom is 0.264 e. The van der Waals surface area contributed by atoms with Crippen molar-refractivity contribution in [2.75, 3.05) is 10.8 Å². The Hall–Kier alpha value is -1.79. The Morgan fingerprint density at radius 2 is 1.71 bits per heavy atom. The van der Waals surface area contributed by atoms with E-state index in [4.69, 9.17) is 4.74 Å². The average molecular weight is 410 g/mol. The van der Waals surface area contributed by atoms with Crippen molar-refractivity contribution in [1.29, 1.82) is 0 Å². The Morgan fingerprint density at radius 3 is 2.21 bits per heavy atom. The van der Waals surface area contributed by atoms with Gasteiger partial charge < -0.3 is 4.74 Å². The zero-order chi connectivity index (χ0) is 17.7. The number of sulfonamides is 1. The van der Waals surface area contributed by atoms with E-state index >= 15 is 0 Å². The second-order valence-electron chi connectivity index (χ2n) is 5.44. The molecule has 0 radical (unpaired) electrons. The monoisotopic (exact) mass is 409 g/mol. The van der Waals surface area contributed by atoms with Gasteiger partial charge in [0.1, 0.15) is 5.75 Å². The number of rotatable bonds is 7. The van der Waals surface area contributed by atoms with Gasteiger partial charge in [0.15, 0.2) is 0 Å². The summed E-state index contributed by atoms with van der Waals surface area (Å²) < 4.78 is 33.6. The molecule has 2 aromatic carbocycles. The standard InChI is InChI=1S/C18H20BrNO3S/c1-4-13-20(16-7-9-17(10-8-16)23-14(2)3)24(21,22)18-11-5-15(19)6-12-18/h4-12,14H,1,13H2,2-3H3. The molecular formula is C18H20BrNO3S. The number of hydrogen-bond donors (Lipinski definition) is 0. The van der Waals surface area contributed by atoms with Crippen molar-refractivity contribution in [2.45, 2.75) is 24.8 Å². The number of halogens is 1. The SMILES string of the molecule is C=CCN(c1ccc(OC(C)C)cc1)S(=O)(=O)c1ccc(Br)cc1. The molecule has 0 N–H and O–H groups in total. The van der Waals surface area contributed by atoms with Gasteiger partial charge in [0, 0.05) is 4.47 Å². The van der Waals surface area contributed by atoms with Crippen molar-refractivity contribution in [3.63, 3.8) is 0 Å². The van der Waals surface area contributed by atoms with Crippen molar-refractivity contribution in [3.8, 4) is 5.75 Å². The van der Waals surface area contributed by atoms with Crippen molar-refractivity contribution < 1.29 is 13.2 Å². The van der Waals surface area contributed by atoms with Gasteiger partial charge in [-0.1, -0.05) is 22.0 Å². The Bertz CT molecular complexity index is 784. The highest BCUT2D eigenvalue weighted by Crippen LogP contribution is 2.26. The van der Waals surface area contributed by atoms with Crippen LogP contribution in [0.2, 0.25) is 0 Å². The van der Waals surface area contributed by atoms with Crippen molar-refractivity contribution in [1.82, 2.24) is 0 Å². The van der Waals surface area contributed by atoms with Gasteiger partial charge in [-0.05, 0) is 62.4 Å². The average Bonchev–Trinajstić information content (AvgIpc) is 2.53. The molecule has 0 fully saturated rings. The number of benzene rings is 2. The fraction of sp³-hybridized carbons (Fsp3) is 0.222. The van der Waals surface area contributed by atoms with Gasteiger partial charge in [-0.3, -0.25) is 4.31 Å². The Labute approximate surface area is 151 Å². The molecule has 0 heterocycles. The summed E-state index contributed by atoms with van der Waals surface area (Å²) in [6, 6.07) is 13.6. The molecular weight excluding hydrogens is 390 g/mol. The predicted molar refractivity (Wildman–Crippen MR) is 101 cm³/mol. The van der Waals surface area contributed by atoms with E-state index in [1.807, 2.05) is 13.8 Å². The van der Waals surface area contributed by atoms with Crippen LogP contribution in [-0.2, 0) is 10.0 Å². The van der Waals surface area contributed by atoms with E-state index in [1.54, 1.807) is 54.6 Å². The highest BCUT2D eigenvalue weighted by Gasteiger charge is 2.24. The maximum atomic E-state index is 12.9. The fourth-order valence-corrected chi connectivity index (χ4v) is 3.86. The molecule has 0 aliphatic heterocycles.